The largest absolute Gasteiger partial charge is 0.480 e. The standard InChI is InChI=1S/C12H16N4O3/c1-2-13-12(19)9-5-6-10(15-14-9)16(7-11(17)18)8-3-4-8/h5-6,8H,2-4,7H2,1H3,(H,13,19)(H,17,18). The molecule has 102 valence electrons. The van der Waals surface area contributed by atoms with Gasteiger partial charge >= 0.3 is 5.97 Å². The van der Waals surface area contributed by atoms with Crippen molar-refractivity contribution < 1.29 is 14.7 Å². The summed E-state index contributed by atoms with van der Waals surface area (Å²) >= 11 is 0. The van der Waals surface area contributed by atoms with E-state index in [-0.39, 0.29) is 24.2 Å². The first-order valence-corrected chi connectivity index (χ1v) is 6.22. The van der Waals surface area contributed by atoms with Gasteiger partial charge in [0.15, 0.2) is 11.5 Å². The molecule has 7 heteroatoms. The molecule has 2 rings (SSSR count). The van der Waals surface area contributed by atoms with Gasteiger partial charge in [-0.1, -0.05) is 0 Å². The van der Waals surface area contributed by atoms with Crippen LogP contribution in [0.25, 0.3) is 0 Å². The summed E-state index contributed by atoms with van der Waals surface area (Å²) in [5.74, 6) is -0.683. The number of anilines is 1. The molecular weight excluding hydrogens is 248 g/mol. The molecule has 0 aromatic carbocycles. The summed E-state index contributed by atoms with van der Waals surface area (Å²) in [5.41, 5.74) is 0.233. The normalized spacial score (nSPS) is 13.9. The maximum atomic E-state index is 11.5. The molecule has 0 spiro atoms. The van der Waals surface area contributed by atoms with E-state index in [1.54, 1.807) is 17.0 Å². The van der Waals surface area contributed by atoms with Crippen molar-refractivity contribution in [1.82, 2.24) is 15.5 Å². The van der Waals surface area contributed by atoms with E-state index in [0.29, 0.717) is 12.4 Å². The number of hydrogen-bond donors (Lipinski definition) is 2. The SMILES string of the molecule is CCNC(=O)c1ccc(N(CC(=O)O)C2CC2)nn1. The molecule has 0 radical (unpaired) electrons. The summed E-state index contributed by atoms with van der Waals surface area (Å²) in [4.78, 5) is 24.1. The van der Waals surface area contributed by atoms with Gasteiger partial charge in [0, 0.05) is 12.6 Å². The molecule has 2 N–H and O–H groups in total. The molecule has 0 atom stereocenters. The summed E-state index contributed by atoms with van der Waals surface area (Å²) in [6, 6.07) is 3.42. The molecular formula is C12H16N4O3. The Labute approximate surface area is 110 Å². The number of aliphatic carboxylic acids is 1. The highest BCUT2D eigenvalue weighted by Crippen LogP contribution is 2.29. The average molecular weight is 264 g/mol. The van der Waals surface area contributed by atoms with Crippen LogP contribution in [0, 0.1) is 0 Å². The van der Waals surface area contributed by atoms with Crippen LogP contribution in [0.1, 0.15) is 30.3 Å². The zero-order valence-electron chi connectivity index (χ0n) is 10.7. The summed E-state index contributed by atoms with van der Waals surface area (Å²) < 4.78 is 0. The van der Waals surface area contributed by atoms with E-state index in [1.165, 1.54) is 0 Å². The predicted octanol–water partition coefficient (Wildman–Crippen LogP) is 0.280. The topological polar surface area (TPSA) is 95.4 Å². The van der Waals surface area contributed by atoms with Crippen molar-refractivity contribution >= 4 is 17.7 Å². The number of carbonyl (C=O) groups is 2. The predicted molar refractivity (Wildman–Crippen MR) is 68.0 cm³/mol. The summed E-state index contributed by atoms with van der Waals surface area (Å²) in [6.45, 7) is 2.25. The number of carbonyl (C=O) groups excluding carboxylic acids is 1. The third-order valence-electron chi connectivity index (χ3n) is 2.81. The number of nitrogens with zero attached hydrogens (tertiary/aromatic N) is 3. The molecule has 0 saturated heterocycles. The van der Waals surface area contributed by atoms with Crippen LogP contribution in [0.5, 0.6) is 0 Å². The first kappa shape index (κ1) is 13.3. The summed E-state index contributed by atoms with van der Waals surface area (Å²) in [5, 5.41) is 19.3. The van der Waals surface area contributed by atoms with Crippen molar-refractivity contribution in [2.45, 2.75) is 25.8 Å². The zero-order valence-corrected chi connectivity index (χ0v) is 10.7. The molecule has 1 aliphatic carbocycles. The molecule has 19 heavy (non-hydrogen) atoms. The number of carboxylic acids is 1. The number of aromatic nitrogens is 2. The first-order valence-electron chi connectivity index (χ1n) is 6.22. The first-order chi connectivity index (χ1) is 9.11. The highest BCUT2D eigenvalue weighted by Gasteiger charge is 2.31. The van der Waals surface area contributed by atoms with Crippen LogP contribution in [0.4, 0.5) is 5.82 Å². The summed E-state index contributed by atoms with van der Waals surface area (Å²) in [6.07, 6.45) is 1.93. The van der Waals surface area contributed by atoms with E-state index in [1.807, 2.05) is 6.92 Å². The quantitative estimate of drug-likeness (QED) is 0.766. The number of nitrogens with one attached hydrogen (secondary N) is 1. The lowest BCUT2D eigenvalue weighted by molar-refractivity contribution is -0.135. The van der Waals surface area contributed by atoms with E-state index >= 15 is 0 Å². The highest BCUT2D eigenvalue weighted by atomic mass is 16.4. The van der Waals surface area contributed by atoms with Gasteiger partial charge in [-0.2, -0.15) is 0 Å². The highest BCUT2D eigenvalue weighted by molar-refractivity contribution is 5.92. The Morgan fingerprint density at radius 2 is 2.16 bits per heavy atom. The molecule has 1 aromatic heterocycles. The van der Waals surface area contributed by atoms with Crippen LogP contribution in [-0.2, 0) is 4.79 Å². The number of amides is 1. The Hall–Kier alpha value is -2.18. The minimum atomic E-state index is -0.901. The Balaban J connectivity index is 2.11. The van der Waals surface area contributed by atoms with Crippen molar-refractivity contribution in [3.63, 3.8) is 0 Å². The molecule has 0 bridgehead atoms. The molecule has 1 saturated carbocycles. The van der Waals surface area contributed by atoms with Gasteiger partial charge in [-0.25, -0.2) is 0 Å². The lowest BCUT2D eigenvalue weighted by atomic mass is 10.3. The van der Waals surface area contributed by atoms with Gasteiger partial charge in [-0.3, -0.25) is 9.59 Å². The average Bonchev–Trinajstić information content (AvgIpc) is 3.20. The lowest BCUT2D eigenvalue weighted by Crippen LogP contribution is -2.33. The monoisotopic (exact) mass is 264 g/mol. The summed E-state index contributed by atoms with van der Waals surface area (Å²) in [7, 11) is 0. The van der Waals surface area contributed by atoms with Crippen LogP contribution >= 0.6 is 0 Å². The van der Waals surface area contributed by atoms with Crippen molar-refractivity contribution in [3.05, 3.63) is 17.8 Å². The van der Waals surface area contributed by atoms with Gasteiger partial charge in [0.1, 0.15) is 6.54 Å². The van der Waals surface area contributed by atoms with E-state index in [2.05, 4.69) is 15.5 Å². The molecule has 1 aliphatic rings. The minimum absolute atomic E-state index is 0.0974. The van der Waals surface area contributed by atoms with E-state index in [9.17, 15) is 9.59 Å². The van der Waals surface area contributed by atoms with E-state index < -0.39 is 5.97 Å². The van der Waals surface area contributed by atoms with Gasteiger partial charge < -0.3 is 15.3 Å². The second kappa shape index (κ2) is 5.64. The van der Waals surface area contributed by atoms with Crippen molar-refractivity contribution in [3.8, 4) is 0 Å². The second-order valence-corrected chi connectivity index (χ2v) is 4.39. The van der Waals surface area contributed by atoms with Crippen molar-refractivity contribution in [2.24, 2.45) is 0 Å². The fourth-order valence-corrected chi connectivity index (χ4v) is 1.78. The van der Waals surface area contributed by atoms with Crippen LogP contribution in [0.3, 0.4) is 0 Å². The molecule has 0 aliphatic heterocycles. The maximum absolute atomic E-state index is 11.5. The Bertz CT molecular complexity index is 470. The minimum Gasteiger partial charge on any atom is -0.480 e. The van der Waals surface area contributed by atoms with Gasteiger partial charge in [0.2, 0.25) is 0 Å². The third-order valence-corrected chi connectivity index (χ3v) is 2.81. The number of carboxylic acid groups (broad SMARTS) is 1. The van der Waals surface area contributed by atoms with Gasteiger partial charge in [0.25, 0.3) is 5.91 Å². The van der Waals surface area contributed by atoms with Crippen molar-refractivity contribution in [1.29, 1.82) is 0 Å². The van der Waals surface area contributed by atoms with Gasteiger partial charge in [-0.05, 0) is 31.9 Å². The van der Waals surface area contributed by atoms with Gasteiger partial charge in [0.05, 0.1) is 0 Å². The molecule has 1 amide bonds. The lowest BCUT2D eigenvalue weighted by Gasteiger charge is -2.20. The van der Waals surface area contributed by atoms with Crippen LogP contribution in [0.15, 0.2) is 12.1 Å². The van der Waals surface area contributed by atoms with Crippen molar-refractivity contribution in [2.75, 3.05) is 18.0 Å². The van der Waals surface area contributed by atoms with Gasteiger partial charge in [-0.15, -0.1) is 10.2 Å². The molecule has 1 aromatic rings. The van der Waals surface area contributed by atoms with Crippen LogP contribution < -0.4 is 10.2 Å². The number of hydrogen-bond acceptors (Lipinski definition) is 5. The fraction of sp³-hybridized carbons (Fsp3) is 0.500. The Morgan fingerprint density at radius 1 is 1.42 bits per heavy atom. The maximum Gasteiger partial charge on any atom is 0.323 e. The zero-order chi connectivity index (χ0) is 13.8. The Kier molecular flexibility index (Phi) is 3.94. The van der Waals surface area contributed by atoms with E-state index in [0.717, 1.165) is 12.8 Å². The second-order valence-electron chi connectivity index (χ2n) is 4.39. The van der Waals surface area contributed by atoms with Crippen LogP contribution in [0.2, 0.25) is 0 Å². The smallest absolute Gasteiger partial charge is 0.323 e. The fourth-order valence-electron chi connectivity index (χ4n) is 1.78. The van der Waals surface area contributed by atoms with Crippen LogP contribution in [-0.4, -0.2) is 46.3 Å². The third kappa shape index (κ3) is 3.40. The Morgan fingerprint density at radius 3 is 2.63 bits per heavy atom. The molecule has 1 fully saturated rings. The molecule has 7 nitrogen and oxygen atoms in total. The number of rotatable bonds is 6. The molecule has 0 unspecified atom stereocenters. The molecule has 1 heterocycles. The van der Waals surface area contributed by atoms with E-state index in [4.69, 9.17) is 5.11 Å².